The zero-order valence-electron chi connectivity index (χ0n) is 18.6. The normalized spacial score (nSPS) is 21.6. The molecule has 0 amide bonds. The fraction of sp³-hybridized carbons (Fsp3) is 0.385. The molecule has 2 aromatic carbocycles. The molecule has 0 heterocycles. The summed E-state index contributed by atoms with van der Waals surface area (Å²) < 4.78 is 31.7. The van der Waals surface area contributed by atoms with Crippen LogP contribution in [0.25, 0.3) is 0 Å². The van der Waals surface area contributed by atoms with Crippen LogP contribution in [0.5, 0.6) is 5.75 Å². The van der Waals surface area contributed by atoms with Crippen LogP contribution in [0, 0.1) is 5.92 Å². The maximum Gasteiger partial charge on any atom is 0.164 e. The van der Waals surface area contributed by atoms with Crippen molar-refractivity contribution in [3.63, 3.8) is 0 Å². The minimum absolute atomic E-state index is 0.0810. The Hall–Kier alpha value is -2.33. The molecule has 1 aliphatic carbocycles. The van der Waals surface area contributed by atoms with Crippen LogP contribution in [0.2, 0.25) is 0 Å². The number of hydrogen-bond acceptors (Lipinski definition) is 3. The first-order valence-corrected chi connectivity index (χ1v) is 12.1. The molecule has 0 spiro atoms. The lowest BCUT2D eigenvalue weighted by atomic mass is 9.83. The number of sulfone groups is 1. The van der Waals surface area contributed by atoms with Gasteiger partial charge in [0.15, 0.2) is 9.84 Å². The van der Waals surface area contributed by atoms with Gasteiger partial charge in [-0.15, -0.1) is 0 Å². The van der Waals surface area contributed by atoms with Gasteiger partial charge in [0, 0.05) is 5.92 Å². The van der Waals surface area contributed by atoms with Crippen molar-refractivity contribution in [2.24, 2.45) is 5.92 Å². The maximum absolute atomic E-state index is 13.8. The van der Waals surface area contributed by atoms with Crippen LogP contribution in [0.1, 0.15) is 44.4 Å². The van der Waals surface area contributed by atoms with Crippen LogP contribution in [-0.4, -0.2) is 21.3 Å². The molecule has 4 heteroatoms. The molecule has 3 nitrogen and oxygen atoms in total. The zero-order valence-corrected chi connectivity index (χ0v) is 19.4. The second-order valence-electron chi connectivity index (χ2n) is 9.07. The molecular weight excluding hydrogens is 392 g/mol. The fourth-order valence-corrected chi connectivity index (χ4v) is 6.36. The molecule has 0 aromatic heterocycles. The third-order valence-electron chi connectivity index (χ3n) is 6.07. The average molecular weight is 425 g/mol. The molecule has 0 saturated heterocycles. The van der Waals surface area contributed by atoms with E-state index in [1.807, 2.05) is 55.5 Å². The van der Waals surface area contributed by atoms with Gasteiger partial charge in [0.25, 0.3) is 0 Å². The number of rotatable bonds is 6. The van der Waals surface area contributed by atoms with Gasteiger partial charge in [-0.25, -0.2) is 8.42 Å². The third kappa shape index (κ3) is 4.24. The van der Waals surface area contributed by atoms with Gasteiger partial charge in [-0.05, 0) is 40.7 Å². The molecule has 0 N–H and O–H groups in total. The molecule has 0 bridgehead atoms. The van der Waals surface area contributed by atoms with Crippen LogP contribution >= 0.6 is 0 Å². The second-order valence-corrected chi connectivity index (χ2v) is 11.4. The van der Waals surface area contributed by atoms with E-state index in [-0.39, 0.29) is 17.1 Å². The Morgan fingerprint density at radius 1 is 0.967 bits per heavy atom. The Kier molecular flexibility index (Phi) is 6.28. The standard InChI is InChI=1S/C26H32O3S/c1-20-8-6-7-18-26(20,23-13-15-24(29-5)16-14-23)30(27,28)19-17-21-9-11-22(12-10-21)25(2,3)4/h6-16,18,20H,17,19H2,1-5H3. The number of allylic oxidation sites excluding steroid dienone is 3. The Morgan fingerprint density at radius 2 is 1.60 bits per heavy atom. The lowest BCUT2D eigenvalue weighted by Crippen LogP contribution is -2.42. The largest absolute Gasteiger partial charge is 0.497 e. The number of methoxy groups -OCH3 is 1. The summed E-state index contributed by atoms with van der Waals surface area (Å²) in [4.78, 5) is 0. The number of aryl methyl sites for hydroxylation is 1. The van der Waals surface area contributed by atoms with E-state index in [1.165, 1.54) is 5.56 Å². The summed E-state index contributed by atoms with van der Waals surface area (Å²) in [6.07, 6.45) is 8.08. The monoisotopic (exact) mass is 424 g/mol. The predicted octanol–water partition coefficient (Wildman–Crippen LogP) is 5.61. The summed E-state index contributed by atoms with van der Waals surface area (Å²) in [5.41, 5.74) is 3.15. The van der Waals surface area contributed by atoms with Gasteiger partial charge in [-0.2, -0.15) is 0 Å². The highest BCUT2D eigenvalue weighted by Gasteiger charge is 2.47. The lowest BCUT2D eigenvalue weighted by molar-refractivity contribution is 0.414. The minimum Gasteiger partial charge on any atom is -0.497 e. The minimum atomic E-state index is -3.48. The lowest BCUT2D eigenvalue weighted by Gasteiger charge is -2.37. The quantitative estimate of drug-likeness (QED) is 0.605. The molecule has 160 valence electrons. The van der Waals surface area contributed by atoms with Crippen molar-refractivity contribution in [3.05, 3.63) is 89.5 Å². The van der Waals surface area contributed by atoms with Gasteiger partial charge in [0.1, 0.15) is 10.5 Å². The van der Waals surface area contributed by atoms with Crippen molar-refractivity contribution < 1.29 is 13.2 Å². The van der Waals surface area contributed by atoms with E-state index in [0.29, 0.717) is 12.2 Å². The van der Waals surface area contributed by atoms with Crippen LogP contribution in [0.3, 0.4) is 0 Å². The summed E-state index contributed by atoms with van der Waals surface area (Å²) >= 11 is 0. The molecule has 2 atom stereocenters. The summed E-state index contributed by atoms with van der Waals surface area (Å²) in [5.74, 6) is 0.647. The number of benzene rings is 2. The van der Waals surface area contributed by atoms with Gasteiger partial charge in [0.2, 0.25) is 0 Å². The molecule has 2 unspecified atom stereocenters. The van der Waals surface area contributed by atoms with E-state index in [2.05, 4.69) is 45.0 Å². The predicted molar refractivity (Wildman–Crippen MR) is 125 cm³/mol. The molecule has 0 aliphatic heterocycles. The molecule has 2 aromatic rings. The first-order chi connectivity index (χ1) is 14.1. The van der Waals surface area contributed by atoms with Gasteiger partial charge in [-0.3, -0.25) is 0 Å². The van der Waals surface area contributed by atoms with Crippen molar-refractivity contribution in [1.82, 2.24) is 0 Å². The van der Waals surface area contributed by atoms with E-state index in [1.54, 1.807) is 7.11 Å². The smallest absolute Gasteiger partial charge is 0.164 e. The fourth-order valence-electron chi connectivity index (χ4n) is 4.09. The summed E-state index contributed by atoms with van der Waals surface area (Å²) in [7, 11) is -1.87. The van der Waals surface area contributed by atoms with E-state index in [4.69, 9.17) is 4.74 Å². The van der Waals surface area contributed by atoms with Gasteiger partial charge in [-0.1, -0.05) is 88.4 Å². The van der Waals surface area contributed by atoms with Crippen molar-refractivity contribution in [3.8, 4) is 5.75 Å². The van der Waals surface area contributed by atoms with Gasteiger partial charge >= 0.3 is 0 Å². The summed E-state index contributed by atoms with van der Waals surface area (Å²) in [5, 5.41) is 0. The van der Waals surface area contributed by atoms with Crippen molar-refractivity contribution in [2.75, 3.05) is 12.9 Å². The molecule has 0 radical (unpaired) electrons. The number of hydrogen-bond donors (Lipinski definition) is 0. The number of ether oxygens (including phenoxy) is 1. The molecule has 1 aliphatic rings. The molecule has 30 heavy (non-hydrogen) atoms. The van der Waals surface area contributed by atoms with Crippen molar-refractivity contribution >= 4 is 9.84 Å². The SMILES string of the molecule is COc1ccc(C2(S(=O)(=O)CCc3ccc(C(C)(C)C)cc3)C=CC=CC2C)cc1. The van der Waals surface area contributed by atoms with Gasteiger partial charge in [0.05, 0.1) is 12.9 Å². The first kappa shape index (κ1) is 22.4. The first-order valence-electron chi connectivity index (χ1n) is 10.4. The van der Waals surface area contributed by atoms with Gasteiger partial charge < -0.3 is 4.74 Å². The summed E-state index contributed by atoms with van der Waals surface area (Å²) in [6, 6.07) is 15.7. The van der Waals surface area contributed by atoms with E-state index >= 15 is 0 Å². The Bertz CT molecular complexity index is 1020. The van der Waals surface area contributed by atoms with Crippen LogP contribution in [-0.2, 0) is 26.4 Å². The molecular formula is C26H32O3S. The Labute approximate surface area is 181 Å². The Balaban J connectivity index is 1.91. The van der Waals surface area contributed by atoms with E-state index in [9.17, 15) is 8.42 Å². The van der Waals surface area contributed by atoms with Crippen molar-refractivity contribution in [1.29, 1.82) is 0 Å². The highest BCUT2D eigenvalue weighted by Crippen LogP contribution is 2.43. The Morgan fingerprint density at radius 3 is 2.13 bits per heavy atom. The van der Waals surface area contributed by atoms with E-state index < -0.39 is 14.6 Å². The van der Waals surface area contributed by atoms with Crippen molar-refractivity contribution in [2.45, 2.75) is 44.3 Å². The van der Waals surface area contributed by atoms with E-state index in [0.717, 1.165) is 11.1 Å². The highest BCUT2D eigenvalue weighted by molar-refractivity contribution is 7.92. The molecule has 0 fully saturated rings. The average Bonchev–Trinajstić information content (AvgIpc) is 2.72. The third-order valence-corrected chi connectivity index (χ3v) is 8.58. The van der Waals surface area contributed by atoms with Crippen LogP contribution < -0.4 is 4.74 Å². The second kappa shape index (κ2) is 8.43. The zero-order chi connectivity index (χ0) is 22.0. The highest BCUT2D eigenvalue weighted by atomic mass is 32.2. The van der Waals surface area contributed by atoms with Crippen LogP contribution in [0.15, 0.2) is 72.8 Å². The maximum atomic E-state index is 13.8. The molecule has 0 saturated carbocycles. The summed E-state index contributed by atoms with van der Waals surface area (Å²) in [6.45, 7) is 8.50. The molecule has 3 rings (SSSR count). The topological polar surface area (TPSA) is 43.4 Å². The van der Waals surface area contributed by atoms with Crippen LogP contribution in [0.4, 0.5) is 0 Å².